The van der Waals surface area contributed by atoms with Crippen molar-refractivity contribution in [2.75, 3.05) is 11.9 Å². The van der Waals surface area contributed by atoms with Gasteiger partial charge in [-0.3, -0.25) is 14.4 Å². The van der Waals surface area contributed by atoms with E-state index in [0.717, 1.165) is 0 Å². The zero-order chi connectivity index (χ0) is 14.0. The van der Waals surface area contributed by atoms with Crippen LogP contribution >= 0.6 is 0 Å². The van der Waals surface area contributed by atoms with Crippen molar-refractivity contribution in [1.29, 1.82) is 0 Å². The second-order valence-corrected chi connectivity index (χ2v) is 4.95. The van der Waals surface area contributed by atoms with Crippen LogP contribution in [-0.4, -0.2) is 34.3 Å². The van der Waals surface area contributed by atoms with E-state index in [-0.39, 0.29) is 35.4 Å². The summed E-state index contributed by atoms with van der Waals surface area (Å²) in [4.78, 5) is 39.7. The molecule has 2 heterocycles. The minimum atomic E-state index is -0.394. The van der Waals surface area contributed by atoms with Gasteiger partial charge in [0, 0.05) is 37.5 Å². The van der Waals surface area contributed by atoms with Crippen LogP contribution in [0.2, 0.25) is 0 Å². The highest BCUT2D eigenvalue weighted by atomic mass is 16.2. The Morgan fingerprint density at radius 2 is 2.21 bits per heavy atom. The summed E-state index contributed by atoms with van der Waals surface area (Å²) in [6.45, 7) is 4.24. The second kappa shape index (κ2) is 5.26. The molecule has 0 saturated carbocycles. The van der Waals surface area contributed by atoms with Gasteiger partial charge in [-0.1, -0.05) is 0 Å². The zero-order valence-corrected chi connectivity index (χ0v) is 11.0. The number of aromatic amines is 1. The summed E-state index contributed by atoms with van der Waals surface area (Å²) < 4.78 is 0. The third-order valence-corrected chi connectivity index (χ3v) is 3.23. The first kappa shape index (κ1) is 13.3. The smallest absolute Gasteiger partial charge is 0.229 e. The van der Waals surface area contributed by atoms with Crippen LogP contribution in [0.1, 0.15) is 20.3 Å². The van der Waals surface area contributed by atoms with Crippen molar-refractivity contribution in [2.45, 2.75) is 26.3 Å². The zero-order valence-electron chi connectivity index (χ0n) is 11.0. The van der Waals surface area contributed by atoms with Crippen LogP contribution in [0.5, 0.6) is 0 Å². The average molecular weight is 263 g/mol. The third-order valence-electron chi connectivity index (χ3n) is 3.23. The fraction of sp³-hybridized carbons (Fsp3) is 0.462. The lowest BCUT2D eigenvalue weighted by molar-refractivity contribution is -0.129. The Balaban J connectivity index is 2.05. The molecule has 6 nitrogen and oxygen atoms in total. The number of H-pyrrole nitrogens is 1. The molecule has 0 spiro atoms. The fourth-order valence-electron chi connectivity index (χ4n) is 2.15. The number of aromatic nitrogens is 1. The lowest BCUT2D eigenvalue weighted by atomic mass is 10.1. The number of hydrogen-bond donors (Lipinski definition) is 2. The van der Waals surface area contributed by atoms with Crippen LogP contribution in [0.4, 0.5) is 5.69 Å². The number of nitrogens with one attached hydrogen (secondary N) is 2. The SMILES string of the molecule is CC(C)N1C[C@H](C(=O)Nc2c[nH]ccc2=O)CC1=O. The van der Waals surface area contributed by atoms with Crippen molar-refractivity contribution < 1.29 is 9.59 Å². The minimum Gasteiger partial charge on any atom is -0.366 e. The molecule has 1 saturated heterocycles. The molecule has 1 aromatic heterocycles. The Morgan fingerprint density at radius 3 is 2.79 bits per heavy atom. The first-order valence-corrected chi connectivity index (χ1v) is 6.26. The lowest BCUT2D eigenvalue weighted by Crippen LogP contribution is -2.33. The summed E-state index contributed by atoms with van der Waals surface area (Å²) >= 11 is 0. The number of carbonyl (C=O) groups is 2. The van der Waals surface area contributed by atoms with E-state index in [1.54, 1.807) is 4.90 Å². The molecule has 1 atom stereocenters. The fourth-order valence-corrected chi connectivity index (χ4v) is 2.15. The van der Waals surface area contributed by atoms with Gasteiger partial charge >= 0.3 is 0 Å². The average Bonchev–Trinajstić information content (AvgIpc) is 2.74. The van der Waals surface area contributed by atoms with E-state index in [9.17, 15) is 14.4 Å². The topological polar surface area (TPSA) is 82.3 Å². The van der Waals surface area contributed by atoms with Crippen LogP contribution in [0.25, 0.3) is 0 Å². The van der Waals surface area contributed by atoms with Gasteiger partial charge in [0.1, 0.15) is 5.69 Å². The molecule has 2 N–H and O–H groups in total. The number of anilines is 1. The molecule has 0 unspecified atom stereocenters. The first-order chi connectivity index (χ1) is 8.99. The highest BCUT2D eigenvalue weighted by Gasteiger charge is 2.35. The molecule has 1 aromatic rings. The summed E-state index contributed by atoms with van der Waals surface area (Å²) in [6, 6.07) is 1.43. The molecule has 6 heteroatoms. The quantitative estimate of drug-likeness (QED) is 0.836. The summed E-state index contributed by atoms with van der Waals surface area (Å²) in [7, 11) is 0. The molecule has 19 heavy (non-hydrogen) atoms. The summed E-state index contributed by atoms with van der Waals surface area (Å²) in [5.41, 5.74) is -0.0416. The summed E-state index contributed by atoms with van der Waals surface area (Å²) in [5.74, 6) is -0.695. The summed E-state index contributed by atoms with van der Waals surface area (Å²) in [5, 5.41) is 2.57. The van der Waals surface area contributed by atoms with E-state index in [4.69, 9.17) is 0 Å². The van der Waals surface area contributed by atoms with Crippen LogP contribution < -0.4 is 10.7 Å². The van der Waals surface area contributed by atoms with Crippen LogP contribution in [0, 0.1) is 5.92 Å². The van der Waals surface area contributed by atoms with Gasteiger partial charge in [-0.25, -0.2) is 0 Å². The van der Waals surface area contributed by atoms with E-state index in [1.165, 1.54) is 18.5 Å². The van der Waals surface area contributed by atoms with E-state index in [1.807, 2.05) is 13.8 Å². The van der Waals surface area contributed by atoms with Crippen molar-refractivity contribution in [2.24, 2.45) is 5.92 Å². The maximum absolute atomic E-state index is 12.0. The van der Waals surface area contributed by atoms with Crippen molar-refractivity contribution >= 4 is 17.5 Å². The molecule has 0 aliphatic carbocycles. The Kier molecular flexibility index (Phi) is 3.69. The van der Waals surface area contributed by atoms with Crippen molar-refractivity contribution in [1.82, 2.24) is 9.88 Å². The molecular formula is C13H17N3O3. The number of amides is 2. The highest BCUT2D eigenvalue weighted by molar-refractivity contribution is 5.97. The molecule has 0 radical (unpaired) electrons. The van der Waals surface area contributed by atoms with Gasteiger partial charge in [0.15, 0.2) is 0 Å². The Morgan fingerprint density at radius 1 is 1.47 bits per heavy atom. The molecule has 1 aliphatic heterocycles. The molecule has 0 bridgehead atoms. The number of likely N-dealkylation sites (tertiary alicyclic amines) is 1. The molecule has 1 fully saturated rings. The predicted molar refractivity (Wildman–Crippen MR) is 70.6 cm³/mol. The molecule has 102 valence electrons. The number of nitrogens with zero attached hydrogens (tertiary/aromatic N) is 1. The van der Waals surface area contributed by atoms with Gasteiger partial charge in [0.25, 0.3) is 0 Å². The van der Waals surface area contributed by atoms with Crippen molar-refractivity contribution in [3.05, 3.63) is 28.7 Å². The maximum atomic E-state index is 12.0. The highest BCUT2D eigenvalue weighted by Crippen LogP contribution is 2.21. The maximum Gasteiger partial charge on any atom is 0.229 e. The Hall–Kier alpha value is -2.11. The van der Waals surface area contributed by atoms with Gasteiger partial charge in [0.2, 0.25) is 17.2 Å². The number of rotatable bonds is 3. The molecule has 1 aliphatic rings. The minimum absolute atomic E-state index is 0.0166. The van der Waals surface area contributed by atoms with Crippen LogP contribution in [0.3, 0.4) is 0 Å². The normalized spacial score (nSPS) is 19.0. The number of hydrogen-bond acceptors (Lipinski definition) is 3. The largest absolute Gasteiger partial charge is 0.366 e. The Bertz CT molecular complexity index is 550. The number of carbonyl (C=O) groups excluding carboxylic acids is 2. The van der Waals surface area contributed by atoms with Crippen molar-refractivity contribution in [3.8, 4) is 0 Å². The lowest BCUT2D eigenvalue weighted by Gasteiger charge is -2.20. The summed E-state index contributed by atoms with van der Waals surface area (Å²) in [6.07, 6.45) is 3.14. The van der Waals surface area contributed by atoms with E-state index >= 15 is 0 Å². The first-order valence-electron chi connectivity index (χ1n) is 6.26. The van der Waals surface area contributed by atoms with Gasteiger partial charge in [-0.05, 0) is 13.8 Å². The molecular weight excluding hydrogens is 246 g/mol. The van der Waals surface area contributed by atoms with E-state index in [2.05, 4.69) is 10.3 Å². The van der Waals surface area contributed by atoms with E-state index in [0.29, 0.717) is 6.54 Å². The van der Waals surface area contributed by atoms with Crippen LogP contribution in [-0.2, 0) is 9.59 Å². The molecule has 2 rings (SSSR count). The van der Waals surface area contributed by atoms with Gasteiger partial charge in [-0.15, -0.1) is 0 Å². The standard InChI is InChI=1S/C13H17N3O3/c1-8(2)16-7-9(5-12(16)18)13(19)15-10-6-14-4-3-11(10)17/h3-4,6,8-9H,5,7H2,1-2H3,(H,14,17)(H,15,19)/t9-/m1/s1. The van der Waals surface area contributed by atoms with Gasteiger partial charge in [-0.2, -0.15) is 0 Å². The Labute approximate surface area is 110 Å². The van der Waals surface area contributed by atoms with Crippen molar-refractivity contribution in [3.63, 3.8) is 0 Å². The predicted octanol–water partition coefficient (Wildman–Crippen LogP) is 0.570. The van der Waals surface area contributed by atoms with Crippen LogP contribution in [0.15, 0.2) is 23.3 Å². The van der Waals surface area contributed by atoms with Gasteiger partial charge in [0.05, 0.1) is 5.92 Å². The van der Waals surface area contributed by atoms with Gasteiger partial charge < -0.3 is 15.2 Å². The van der Waals surface area contributed by atoms with E-state index < -0.39 is 5.92 Å². The monoisotopic (exact) mass is 263 g/mol. The second-order valence-electron chi connectivity index (χ2n) is 4.95. The number of pyridine rings is 1. The molecule has 0 aromatic carbocycles. The molecule has 2 amide bonds. The third kappa shape index (κ3) is 2.83.